The maximum atomic E-state index is 11.6. The molecule has 3 heteroatoms. The van der Waals surface area contributed by atoms with E-state index in [-0.39, 0.29) is 0 Å². The van der Waals surface area contributed by atoms with Gasteiger partial charge >= 0.3 is 5.97 Å². The number of rotatable bonds is 3. The fourth-order valence-electron chi connectivity index (χ4n) is 2.83. The van der Waals surface area contributed by atoms with Crippen LogP contribution in [0.1, 0.15) is 50.5 Å². The predicted molar refractivity (Wildman–Crippen MR) is 64.8 cm³/mol. The van der Waals surface area contributed by atoms with E-state index in [1.807, 2.05) is 6.07 Å². The van der Waals surface area contributed by atoms with Crippen LogP contribution in [0.15, 0.2) is 23.0 Å². The molecule has 1 aromatic heterocycles. The number of carboxylic acid groups (broad SMARTS) is 1. The van der Waals surface area contributed by atoms with Gasteiger partial charge in [0.05, 0.1) is 17.9 Å². The Morgan fingerprint density at radius 3 is 2.41 bits per heavy atom. The predicted octanol–water partition coefficient (Wildman–Crippen LogP) is 3.64. The molecule has 1 fully saturated rings. The standard InChI is InChI=1S/C14H20O3/c15-13(16)14(10-12-6-9-17-11-12)7-4-2-1-3-5-8-14/h6,9,11H,1-5,7-8,10H2,(H,15,16). The molecule has 1 aromatic rings. The number of hydrogen-bond acceptors (Lipinski definition) is 2. The molecule has 1 aliphatic rings. The van der Waals surface area contributed by atoms with Gasteiger partial charge in [-0.15, -0.1) is 0 Å². The van der Waals surface area contributed by atoms with E-state index in [0.29, 0.717) is 6.42 Å². The molecule has 0 atom stereocenters. The van der Waals surface area contributed by atoms with Crippen molar-refractivity contribution in [1.29, 1.82) is 0 Å². The largest absolute Gasteiger partial charge is 0.481 e. The van der Waals surface area contributed by atoms with Gasteiger partial charge in [0.1, 0.15) is 0 Å². The van der Waals surface area contributed by atoms with Crippen molar-refractivity contribution in [1.82, 2.24) is 0 Å². The lowest BCUT2D eigenvalue weighted by Gasteiger charge is -2.30. The summed E-state index contributed by atoms with van der Waals surface area (Å²) in [6, 6.07) is 1.88. The van der Waals surface area contributed by atoms with Crippen molar-refractivity contribution >= 4 is 5.97 Å². The highest BCUT2D eigenvalue weighted by atomic mass is 16.4. The van der Waals surface area contributed by atoms with Crippen molar-refractivity contribution < 1.29 is 14.3 Å². The molecule has 2 rings (SSSR count). The number of aliphatic carboxylic acids is 1. The minimum absolute atomic E-state index is 0.565. The molecule has 3 nitrogen and oxygen atoms in total. The van der Waals surface area contributed by atoms with Gasteiger partial charge in [0, 0.05) is 0 Å². The van der Waals surface area contributed by atoms with Crippen LogP contribution in [-0.4, -0.2) is 11.1 Å². The molecule has 0 unspecified atom stereocenters. The van der Waals surface area contributed by atoms with Crippen LogP contribution < -0.4 is 0 Å². The van der Waals surface area contributed by atoms with Crippen LogP contribution in [0.5, 0.6) is 0 Å². The Labute approximate surface area is 102 Å². The number of carbonyl (C=O) groups is 1. The average molecular weight is 236 g/mol. The van der Waals surface area contributed by atoms with Gasteiger partial charge in [-0.3, -0.25) is 4.79 Å². The summed E-state index contributed by atoms with van der Waals surface area (Å²) in [6.45, 7) is 0. The molecule has 0 bridgehead atoms. The maximum Gasteiger partial charge on any atom is 0.309 e. The zero-order valence-electron chi connectivity index (χ0n) is 10.2. The molecule has 0 aromatic carbocycles. The highest BCUT2D eigenvalue weighted by molar-refractivity contribution is 5.75. The van der Waals surface area contributed by atoms with Crippen molar-refractivity contribution in [2.45, 2.75) is 51.4 Å². The van der Waals surface area contributed by atoms with Gasteiger partial charge in [0.25, 0.3) is 0 Å². The highest BCUT2D eigenvalue weighted by Gasteiger charge is 2.38. The monoisotopic (exact) mass is 236 g/mol. The molecule has 0 radical (unpaired) electrons. The van der Waals surface area contributed by atoms with E-state index in [0.717, 1.165) is 31.2 Å². The van der Waals surface area contributed by atoms with Crippen LogP contribution >= 0.6 is 0 Å². The van der Waals surface area contributed by atoms with Crippen LogP contribution in [-0.2, 0) is 11.2 Å². The first-order chi connectivity index (χ1) is 8.23. The molecule has 1 aliphatic carbocycles. The first-order valence-electron chi connectivity index (χ1n) is 6.47. The Balaban J connectivity index is 2.14. The zero-order chi connectivity index (χ0) is 12.1. The summed E-state index contributed by atoms with van der Waals surface area (Å²) in [4.78, 5) is 11.6. The van der Waals surface area contributed by atoms with Gasteiger partial charge in [-0.1, -0.05) is 32.1 Å². The van der Waals surface area contributed by atoms with Crippen LogP contribution in [0.3, 0.4) is 0 Å². The average Bonchev–Trinajstić information content (AvgIpc) is 2.74. The first kappa shape index (κ1) is 12.2. The lowest BCUT2D eigenvalue weighted by molar-refractivity contribution is -0.150. The molecular formula is C14H20O3. The van der Waals surface area contributed by atoms with Gasteiger partial charge < -0.3 is 9.52 Å². The van der Waals surface area contributed by atoms with Crippen molar-refractivity contribution in [3.63, 3.8) is 0 Å². The van der Waals surface area contributed by atoms with E-state index in [9.17, 15) is 9.90 Å². The number of furan rings is 1. The zero-order valence-corrected chi connectivity index (χ0v) is 10.2. The summed E-state index contributed by atoms with van der Waals surface area (Å²) >= 11 is 0. The second kappa shape index (κ2) is 5.39. The maximum absolute atomic E-state index is 11.6. The molecule has 1 heterocycles. The summed E-state index contributed by atoms with van der Waals surface area (Å²) < 4.78 is 5.04. The van der Waals surface area contributed by atoms with E-state index in [4.69, 9.17) is 4.42 Å². The lowest BCUT2D eigenvalue weighted by atomic mass is 9.72. The van der Waals surface area contributed by atoms with E-state index in [1.54, 1.807) is 12.5 Å². The van der Waals surface area contributed by atoms with Gasteiger partial charge in [-0.25, -0.2) is 0 Å². The second-order valence-corrected chi connectivity index (χ2v) is 5.16. The molecule has 94 valence electrons. The van der Waals surface area contributed by atoms with Crippen molar-refractivity contribution in [3.05, 3.63) is 24.2 Å². The fourth-order valence-corrected chi connectivity index (χ4v) is 2.83. The van der Waals surface area contributed by atoms with Crippen LogP contribution in [0.25, 0.3) is 0 Å². The van der Waals surface area contributed by atoms with E-state index in [2.05, 4.69) is 0 Å². The Morgan fingerprint density at radius 2 is 1.88 bits per heavy atom. The molecule has 0 aliphatic heterocycles. The van der Waals surface area contributed by atoms with Crippen molar-refractivity contribution in [2.24, 2.45) is 5.41 Å². The third-order valence-electron chi connectivity index (χ3n) is 3.89. The molecule has 0 spiro atoms. The third kappa shape index (κ3) is 2.90. The Bertz CT molecular complexity index is 346. The fraction of sp³-hybridized carbons (Fsp3) is 0.643. The summed E-state index contributed by atoms with van der Waals surface area (Å²) in [5.41, 5.74) is 0.442. The summed E-state index contributed by atoms with van der Waals surface area (Å²) in [5, 5.41) is 9.57. The Hall–Kier alpha value is -1.25. The molecule has 0 amide bonds. The van der Waals surface area contributed by atoms with E-state index < -0.39 is 11.4 Å². The SMILES string of the molecule is O=C(O)C1(Cc2ccoc2)CCCCCCC1. The lowest BCUT2D eigenvalue weighted by Crippen LogP contribution is -2.34. The molecule has 0 saturated heterocycles. The minimum Gasteiger partial charge on any atom is -0.481 e. The number of carboxylic acids is 1. The molecule has 17 heavy (non-hydrogen) atoms. The normalized spacial score (nSPS) is 20.5. The van der Waals surface area contributed by atoms with Gasteiger partial charge in [0.15, 0.2) is 0 Å². The van der Waals surface area contributed by atoms with Crippen LogP contribution in [0.2, 0.25) is 0 Å². The highest BCUT2D eigenvalue weighted by Crippen LogP contribution is 2.37. The third-order valence-corrected chi connectivity index (χ3v) is 3.89. The summed E-state index contributed by atoms with van der Waals surface area (Å²) in [5.74, 6) is -0.638. The number of hydrogen-bond donors (Lipinski definition) is 1. The van der Waals surface area contributed by atoms with Crippen molar-refractivity contribution in [3.8, 4) is 0 Å². The van der Waals surface area contributed by atoms with Gasteiger partial charge in [-0.05, 0) is 30.9 Å². The van der Waals surface area contributed by atoms with E-state index in [1.165, 1.54) is 19.3 Å². The smallest absolute Gasteiger partial charge is 0.309 e. The first-order valence-corrected chi connectivity index (χ1v) is 6.47. The van der Waals surface area contributed by atoms with Gasteiger partial charge in [-0.2, -0.15) is 0 Å². The van der Waals surface area contributed by atoms with Crippen LogP contribution in [0, 0.1) is 5.41 Å². The van der Waals surface area contributed by atoms with Crippen LogP contribution in [0.4, 0.5) is 0 Å². The topological polar surface area (TPSA) is 50.4 Å². The molecule has 1 N–H and O–H groups in total. The Morgan fingerprint density at radius 1 is 1.24 bits per heavy atom. The minimum atomic E-state index is -0.638. The Kier molecular flexibility index (Phi) is 3.87. The summed E-state index contributed by atoms with van der Waals surface area (Å²) in [6.07, 6.45) is 11.1. The van der Waals surface area contributed by atoms with Gasteiger partial charge in [0.2, 0.25) is 0 Å². The molecule has 1 saturated carbocycles. The second-order valence-electron chi connectivity index (χ2n) is 5.16. The van der Waals surface area contributed by atoms with E-state index >= 15 is 0 Å². The van der Waals surface area contributed by atoms with Crippen molar-refractivity contribution in [2.75, 3.05) is 0 Å². The molecular weight excluding hydrogens is 216 g/mol. The quantitative estimate of drug-likeness (QED) is 0.871. The summed E-state index contributed by atoms with van der Waals surface area (Å²) in [7, 11) is 0.